The predicted molar refractivity (Wildman–Crippen MR) is 318 cm³/mol. The number of nitrogens with one attached hydrogen (secondary N) is 1. The van der Waals surface area contributed by atoms with E-state index in [-0.39, 0.29) is 31.5 Å². The van der Waals surface area contributed by atoms with Crippen LogP contribution in [0.5, 0.6) is 0 Å². The first-order valence-corrected chi connectivity index (χ1v) is 31.6. The lowest BCUT2D eigenvalue weighted by atomic mass is 10.0. The van der Waals surface area contributed by atoms with Crippen LogP contribution in [0.1, 0.15) is 245 Å². The number of carbonyl (C=O) groups excluding carboxylic acids is 2. The van der Waals surface area contributed by atoms with Gasteiger partial charge in [-0.3, -0.25) is 18.6 Å². The van der Waals surface area contributed by atoms with Crippen LogP contribution in [0.2, 0.25) is 0 Å². The van der Waals surface area contributed by atoms with Crippen molar-refractivity contribution in [3.8, 4) is 0 Å². The number of amides is 1. The zero-order valence-electron chi connectivity index (χ0n) is 48.6. The number of ether oxygens (including phenoxy) is 1. The van der Waals surface area contributed by atoms with Gasteiger partial charge in [-0.25, -0.2) is 4.57 Å². The van der Waals surface area contributed by atoms with E-state index in [1.165, 1.54) is 77.0 Å². The molecule has 74 heavy (non-hydrogen) atoms. The third-order valence-electron chi connectivity index (χ3n) is 12.8. The standard InChI is InChI=1S/C64H113N2O7P/c1-7-10-13-16-19-22-25-28-30-31-32-33-34-35-36-39-42-45-48-51-54-57-64(68)73-62(55-52-49-46-43-40-37-27-24-21-18-15-12-9-3)61(60-72-74(69,70)71-59-58-66(4,5)6)65-63(67)56-53-50-47-44-41-38-29-26-23-20-17-14-11-8-2/h10-11,13-14,19-20,22-23,28,30,32-33,35-36,52,55,61-62H,7-9,12,15-18,21,24-27,29,31,34,37-51,53-54,56-60H2,1-6H3,(H-,65,67,69,70)/p+1/b13-10-,14-11+,22-19-,23-20+,30-28-,33-32-,36-35-,55-52-. The summed E-state index contributed by atoms with van der Waals surface area (Å²) in [6.07, 6.45) is 71.1. The van der Waals surface area contributed by atoms with Crippen LogP contribution in [-0.4, -0.2) is 74.3 Å². The zero-order valence-corrected chi connectivity index (χ0v) is 49.4. The molecular formula is C64H114N2O7P+. The SMILES string of the molecule is CC/C=C\C/C=C\C/C=C\C/C=C\C/C=C\CCCCCCCC(=O)OC(/C=C\CCCCCCCCCCCCC)C(COP(=O)(O)OCC[N+](C)(C)C)NC(=O)CCCCCCCCC/C=C/C/C=C/CC. The molecule has 3 atom stereocenters. The number of likely N-dealkylation sites (N-methyl/N-ethyl adjacent to an activating group) is 1. The molecule has 3 unspecified atom stereocenters. The highest BCUT2D eigenvalue weighted by atomic mass is 31.2. The summed E-state index contributed by atoms with van der Waals surface area (Å²) >= 11 is 0. The minimum Gasteiger partial charge on any atom is -0.456 e. The summed E-state index contributed by atoms with van der Waals surface area (Å²) < 4.78 is 30.6. The molecule has 0 aliphatic heterocycles. The summed E-state index contributed by atoms with van der Waals surface area (Å²) in [7, 11) is 1.47. The van der Waals surface area contributed by atoms with E-state index in [1.807, 2.05) is 33.3 Å². The van der Waals surface area contributed by atoms with E-state index in [2.05, 4.69) is 111 Å². The van der Waals surface area contributed by atoms with E-state index in [0.29, 0.717) is 23.9 Å². The van der Waals surface area contributed by atoms with Crippen LogP contribution in [0.15, 0.2) is 97.2 Å². The molecule has 2 N–H and O–H groups in total. The number of esters is 1. The molecule has 0 fully saturated rings. The Bertz CT molecular complexity index is 1590. The first-order valence-electron chi connectivity index (χ1n) is 30.1. The quantitative estimate of drug-likeness (QED) is 0.0205. The number of phosphoric ester groups is 1. The van der Waals surface area contributed by atoms with E-state index in [4.69, 9.17) is 13.8 Å². The van der Waals surface area contributed by atoms with Crippen LogP contribution in [0, 0.1) is 0 Å². The van der Waals surface area contributed by atoms with Gasteiger partial charge in [0.05, 0.1) is 33.8 Å². The molecule has 426 valence electrons. The molecule has 1 amide bonds. The van der Waals surface area contributed by atoms with Gasteiger partial charge in [0.2, 0.25) is 5.91 Å². The van der Waals surface area contributed by atoms with Crippen LogP contribution in [-0.2, 0) is 27.9 Å². The van der Waals surface area contributed by atoms with Crippen molar-refractivity contribution in [1.29, 1.82) is 0 Å². The maximum absolute atomic E-state index is 13.5. The first-order chi connectivity index (χ1) is 35.9. The summed E-state index contributed by atoms with van der Waals surface area (Å²) in [6, 6.07) is -0.866. The Hall–Kier alpha value is -3.07. The van der Waals surface area contributed by atoms with Crippen LogP contribution in [0.4, 0.5) is 0 Å². The van der Waals surface area contributed by atoms with Gasteiger partial charge in [-0.1, -0.05) is 227 Å². The third-order valence-corrected chi connectivity index (χ3v) is 13.8. The van der Waals surface area contributed by atoms with Crippen molar-refractivity contribution in [2.75, 3.05) is 40.9 Å². The highest BCUT2D eigenvalue weighted by Gasteiger charge is 2.30. The van der Waals surface area contributed by atoms with Crippen molar-refractivity contribution in [2.45, 2.75) is 258 Å². The smallest absolute Gasteiger partial charge is 0.456 e. The molecule has 0 spiro atoms. The van der Waals surface area contributed by atoms with Gasteiger partial charge in [-0.05, 0) is 102 Å². The number of nitrogens with zero attached hydrogens (tertiary/aromatic N) is 1. The van der Waals surface area contributed by atoms with E-state index in [1.54, 1.807) is 0 Å². The van der Waals surface area contributed by atoms with E-state index in [9.17, 15) is 19.0 Å². The van der Waals surface area contributed by atoms with Gasteiger partial charge >= 0.3 is 13.8 Å². The Balaban J connectivity index is 5.35. The molecule has 0 aromatic rings. The van der Waals surface area contributed by atoms with E-state index < -0.39 is 20.0 Å². The van der Waals surface area contributed by atoms with Crippen molar-refractivity contribution >= 4 is 19.7 Å². The van der Waals surface area contributed by atoms with Crippen molar-refractivity contribution in [2.24, 2.45) is 0 Å². The summed E-state index contributed by atoms with van der Waals surface area (Å²) in [5.41, 5.74) is 0. The third kappa shape index (κ3) is 53.7. The maximum Gasteiger partial charge on any atom is 0.472 e. The molecule has 0 bridgehead atoms. The van der Waals surface area contributed by atoms with Crippen LogP contribution in [0.25, 0.3) is 0 Å². The number of allylic oxidation sites excluding steroid dienone is 15. The van der Waals surface area contributed by atoms with Crippen molar-refractivity contribution in [1.82, 2.24) is 5.32 Å². The Morgan fingerprint density at radius 1 is 0.486 bits per heavy atom. The number of hydrogen-bond donors (Lipinski definition) is 2. The Morgan fingerprint density at radius 2 is 0.865 bits per heavy atom. The van der Waals surface area contributed by atoms with Gasteiger partial charge in [0, 0.05) is 12.8 Å². The monoisotopic (exact) mass is 1050 g/mol. The lowest BCUT2D eigenvalue weighted by Crippen LogP contribution is -2.47. The lowest BCUT2D eigenvalue weighted by Gasteiger charge is -2.27. The molecular weight excluding hydrogens is 940 g/mol. The number of rotatable bonds is 53. The number of quaternary nitrogens is 1. The van der Waals surface area contributed by atoms with Gasteiger partial charge in [-0.15, -0.1) is 0 Å². The molecule has 0 saturated carbocycles. The topological polar surface area (TPSA) is 111 Å². The van der Waals surface area contributed by atoms with Crippen molar-refractivity contribution in [3.05, 3.63) is 97.2 Å². The maximum atomic E-state index is 13.5. The van der Waals surface area contributed by atoms with E-state index in [0.717, 1.165) is 128 Å². The van der Waals surface area contributed by atoms with E-state index >= 15 is 0 Å². The fourth-order valence-corrected chi connectivity index (χ4v) is 8.92. The van der Waals surface area contributed by atoms with Crippen LogP contribution >= 0.6 is 7.82 Å². The van der Waals surface area contributed by atoms with Gasteiger partial charge in [0.15, 0.2) is 0 Å². The average molecular weight is 1050 g/mol. The Morgan fingerprint density at radius 3 is 1.30 bits per heavy atom. The average Bonchev–Trinajstić information content (AvgIpc) is 3.36. The van der Waals surface area contributed by atoms with Gasteiger partial charge in [-0.2, -0.15) is 0 Å². The second kappa shape index (κ2) is 53.3. The summed E-state index contributed by atoms with van der Waals surface area (Å²) in [5, 5.41) is 3.04. The minimum atomic E-state index is -4.46. The Kier molecular flexibility index (Phi) is 51.1. The molecule has 0 radical (unpaired) electrons. The highest BCUT2D eigenvalue weighted by molar-refractivity contribution is 7.47. The second-order valence-electron chi connectivity index (χ2n) is 21.1. The zero-order chi connectivity index (χ0) is 54.3. The van der Waals surface area contributed by atoms with Crippen molar-refractivity contribution in [3.63, 3.8) is 0 Å². The summed E-state index contributed by atoms with van der Waals surface area (Å²) in [6.45, 7) is 6.77. The van der Waals surface area contributed by atoms with Crippen LogP contribution < -0.4 is 5.32 Å². The summed E-state index contributed by atoms with van der Waals surface area (Å²) in [4.78, 5) is 37.7. The number of hydrogen-bond acceptors (Lipinski definition) is 6. The molecule has 9 nitrogen and oxygen atoms in total. The fourth-order valence-electron chi connectivity index (χ4n) is 8.18. The Labute approximate surface area is 456 Å². The largest absolute Gasteiger partial charge is 0.472 e. The predicted octanol–water partition coefficient (Wildman–Crippen LogP) is 18.4. The number of phosphoric acid groups is 1. The molecule has 0 saturated heterocycles. The highest BCUT2D eigenvalue weighted by Crippen LogP contribution is 2.43. The molecule has 10 heteroatoms. The van der Waals surface area contributed by atoms with Gasteiger partial charge in [0.25, 0.3) is 0 Å². The molecule has 0 aromatic heterocycles. The molecule has 0 aromatic carbocycles. The second-order valence-corrected chi connectivity index (χ2v) is 22.6. The first kappa shape index (κ1) is 70.9. The molecule has 0 rings (SSSR count). The lowest BCUT2D eigenvalue weighted by molar-refractivity contribution is -0.870. The number of unbranched alkanes of at least 4 members (excludes halogenated alkanes) is 23. The molecule has 0 aliphatic carbocycles. The minimum absolute atomic E-state index is 0.0307. The van der Waals surface area contributed by atoms with Gasteiger partial charge in [0.1, 0.15) is 19.3 Å². The number of carbonyl (C=O) groups is 2. The normalized spacial score (nSPS) is 14.4. The fraction of sp³-hybridized carbons (Fsp3) is 0.719. The molecule has 0 aliphatic rings. The van der Waals surface area contributed by atoms with Crippen LogP contribution in [0.3, 0.4) is 0 Å². The van der Waals surface area contributed by atoms with Gasteiger partial charge < -0.3 is 19.4 Å². The molecule has 0 heterocycles. The van der Waals surface area contributed by atoms with Crippen molar-refractivity contribution < 1.29 is 37.3 Å². The summed E-state index contributed by atoms with van der Waals surface area (Å²) in [5.74, 6) is -0.541.